The molecule has 4 aromatic rings. The Morgan fingerprint density at radius 3 is 2.84 bits per heavy atom. The molecule has 1 aliphatic rings. The van der Waals surface area contributed by atoms with Gasteiger partial charge in [0, 0.05) is 54.5 Å². The van der Waals surface area contributed by atoms with Gasteiger partial charge in [-0.3, -0.25) is 4.79 Å². The third-order valence-corrected chi connectivity index (χ3v) is 6.78. The molecule has 0 fully saturated rings. The molecule has 8 heteroatoms. The van der Waals surface area contributed by atoms with Crippen LogP contribution in [0, 0.1) is 0 Å². The number of amides is 1. The van der Waals surface area contributed by atoms with Gasteiger partial charge in [0.05, 0.1) is 5.69 Å². The summed E-state index contributed by atoms with van der Waals surface area (Å²) in [6.45, 7) is 1.54. The van der Waals surface area contributed by atoms with E-state index in [-0.39, 0.29) is 5.91 Å². The molecule has 0 unspecified atom stereocenters. The van der Waals surface area contributed by atoms with Gasteiger partial charge >= 0.3 is 0 Å². The Labute approximate surface area is 191 Å². The number of hydrogen-bond donors (Lipinski definition) is 1. The Morgan fingerprint density at radius 2 is 1.97 bits per heavy atom. The molecule has 1 aliphatic heterocycles. The third kappa shape index (κ3) is 4.70. The van der Waals surface area contributed by atoms with E-state index in [4.69, 9.17) is 0 Å². The van der Waals surface area contributed by atoms with E-state index in [1.807, 2.05) is 53.1 Å². The highest BCUT2D eigenvalue weighted by Gasteiger charge is 2.15. The average molecular weight is 447 g/mol. The van der Waals surface area contributed by atoms with Gasteiger partial charge in [-0.2, -0.15) is 0 Å². The maximum atomic E-state index is 12.5. The highest BCUT2D eigenvalue weighted by Crippen LogP contribution is 2.23. The van der Waals surface area contributed by atoms with Crippen molar-refractivity contribution < 1.29 is 4.79 Å². The molecule has 1 amide bonds. The Balaban J connectivity index is 1.12. The van der Waals surface area contributed by atoms with Crippen LogP contribution < -0.4 is 5.32 Å². The summed E-state index contributed by atoms with van der Waals surface area (Å²) in [5.41, 5.74) is 2.66. The molecular weight excluding hydrogens is 420 g/mol. The Hall–Kier alpha value is -3.13. The topological polar surface area (TPSA) is 77.1 Å². The first-order valence-electron chi connectivity index (χ1n) is 11.1. The summed E-state index contributed by atoms with van der Waals surface area (Å²) in [6, 6.07) is 13.7. The first-order valence-corrected chi connectivity index (χ1v) is 12.1. The van der Waals surface area contributed by atoms with Crippen molar-refractivity contribution >= 4 is 23.3 Å². The standard InChI is InChI=1S/C24H26N6OS/c31-24(25-13-12-23-28-27-22-7-2-1-4-15-30(22)23)18-8-10-20(11-9-18)32-17-19-16-29-14-5-3-6-21(29)26-19/h3,5-6,8-11,14,16H,1-2,4,7,12-13,15,17H2,(H,25,31). The van der Waals surface area contributed by atoms with Crippen LogP contribution >= 0.6 is 11.8 Å². The Bertz CT molecular complexity index is 1180. The predicted octanol–water partition coefficient (Wildman–Crippen LogP) is 3.92. The van der Waals surface area contributed by atoms with Gasteiger partial charge in [-0.25, -0.2) is 4.98 Å². The average Bonchev–Trinajstić information content (AvgIpc) is 3.33. The van der Waals surface area contributed by atoms with Crippen LogP contribution in [0.25, 0.3) is 5.65 Å². The number of pyridine rings is 1. The molecule has 0 saturated heterocycles. The molecule has 7 nitrogen and oxygen atoms in total. The lowest BCUT2D eigenvalue weighted by atomic mass is 10.2. The minimum Gasteiger partial charge on any atom is -0.352 e. The van der Waals surface area contributed by atoms with E-state index in [9.17, 15) is 4.79 Å². The van der Waals surface area contributed by atoms with E-state index >= 15 is 0 Å². The van der Waals surface area contributed by atoms with Crippen LogP contribution in [0.3, 0.4) is 0 Å². The molecule has 164 valence electrons. The minimum atomic E-state index is -0.0579. The fourth-order valence-electron chi connectivity index (χ4n) is 4.04. The summed E-state index contributed by atoms with van der Waals surface area (Å²) < 4.78 is 4.26. The smallest absolute Gasteiger partial charge is 0.251 e. The van der Waals surface area contributed by atoms with E-state index < -0.39 is 0 Å². The highest BCUT2D eigenvalue weighted by molar-refractivity contribution is 7.98. The monoisotopic (exact) mass is 446 g/mol. The van der Waals surface area contributed by atoms with Gasteiger partial charge in [-0.1, -0.05) is 12.5 Å². The zero-order valence-corrected chi connectivity index (χ0v) is 18.7. The fourth-order valence-corrected chi connectivity index (χ4v) is 4.82. The molecule has 0 radical (unpaired) electrons. The van der Waals surface area contributed by atoms with Gasteiger partial charge in [0.15, 0.2) is 0 Å². The molecule has 0 spiro atoms. The van der Waals surface area contributed by atoms with Gasteiger partial charge in [-0.05, 0) is 49.2 Å². The maximum Gasteiger partial charge on any atom is 0.251 e. The summed E-state index contributed by atoms with van der Waals surface area (Å²) >= 11 is 1.71. The number of aryl methyl sites for hydroxylation is 1. The van der Waals surface area contributed by atoms with E-state index in [2.05, 4.69) is 31.3 Å². The molecule has 1 aromatic carbocycles. The van der Waals surface area contributed by atoms with Crippen LogP contribution in [0.5, 0.6) is 0 Å². The number of rotatable bonds is 7. The number of carbonyl (C=O) groups is 1. The number of aromatic nitrogens is 5. The van der Waals surface area contributed by atoms with Gasteiger partial charge in [-0.15, -0.1) is 22.0 Å². The SMILES string of the molecule is O=C(NCCc1nnc2n1CCCCC2)c1ccc(SCc2cn3ccccc3n2)cc1. The summed E-state index contributed by atoms with van der Waals surface area (Å²) in [4.78, 5) is 18.3. The van der Waals surface area contributed by atoms with Crippen LogP contribution in [0.4, 0.5) is 0 Å². The van der Waals surface area contributed by atoms with E-state index in [0.717, 1.165) is 46.6 Å². The number of benzene rings is 1. The van der Waals surface area contributed by atoms with Crippen molar-refractivity contribution in [3.05, 3.63) is 77.8 Å². The summed E-state index contributed by atoms with van der Waals surface area (Å²) in [7, 11) is 0. The zero-order valence-electron chi connectivity index (χ0n) is 17.9. The van der Waals surface area contributed by atoms with Crippen LogP contribution in [-0.4, -0.2) is 36.6 Å². The number of imidazole rings is 1. The van der Waals surface area contributed by atoms with Crippen molar-refractivity contribution in [1.29, 1.82) is 0 Å². The van der Waals surface area contributed by atoms with Crippen molar-refractivity contribution in [2.45, 2.75) is 49.3 Å². The quantitative estimate of drug-likeness (QED) is 0.436. The second-order valence-electron chi connectivity index (χ2n) is 8.01. The second-order valence-corrected chi connectivity index (χ2v) is 9.06. The number of hydrogen-bond acceptors (Lipinski definition) is 5. The molecule has 0 bridgehead atoms. The van der Waals surface area contributed by atoms with Crippen molar-refractivity contribution in [3.63, 3.8) is 0 Å². The molecule has 0 atom stereocenters. The summed E-state index contributed by atoms with van der Waals surface area (Å²) in [5.74, 6) is 2.79. The number of thioether (sulfide) groups is 1. The van der Waals surface area contributed by atoms with Crippen LogP contribution in [0.2, 0.25) is 0 Å². The molecule has 4 heterocycles. The highest BCUT2D eigenvalue weighted by atomic mass is 32.2. The van der Waals surface area contributed by atoms with Crippen molar-refractivity contribution in [3.8, 4) is 0 Å². The Morgan fingerprint density at radius 1 is 1.06 bits per heavy atom. The van der Waals surface area contributed by atoms with Gasteiger partial charge in [0.1, 0.15) is 17.3 Å². The van der Waals surface area contributed by atoms with Gasteiger partial charge in [0.25, 0.3) is 5.91 Å². The largest absolute Gasteiger partial charge is 0.352 e. The molecule has 3 aromatic heterocycles. The fraction of sp³-hybridized carbons (Fsp3) is 0.333. The lowest BCUT2D eigenvalue weighted by Crippen LogP contribution is -2.26. The van der Waals surface area contributed by atoms with Crippen LogP contribution in [-0.2, 0) is 25.1 Å². The first kappa shape index (κ1) is 20.8. The molecule has 5 rings (SSSR count). The van der Waals surface area contributed by atoms with Crippen molar-refractivity contribution in [2.24, 2.45) is 0 Å². The second kappa shape index (κ2) is 9.56. The predicted molar refractivity (Wildman–Crippen MR) is 125 cm³/mol. The number of nitrogens with zero attached hydrogens (tertiary/aromatic N) is 5. The van der Waals surface area contributed by atoms with E-state index in [1.54, 1.807) is 11.8 Å². The molecular formula is C24H26N6OS. The lowest BCUT2D eigenvalue weighted by molar-refractivity contribution is 0.0954. The third-order valence-electron chi connectivity index (χ3n) is 5.74. The normalized spacial score (nSPS) is 13.6. The summed E-state index contributed by atoms with van der Waals surface area (Å²) in [6.07, 6.45) is 9.36. The van der Waals surface area contributed by atoms with Crippen molar-refractivity contribution in [2.75, 3.05) is 6.54 Å². The summed E-state index contributed by atoms with van der Waals surface area (Å²) in [5, 5.41) is 11.7. The first-order chi connectivity index (χ1) is 15.8. The van der Waals surface area contributed by atoms with E-state index in [1.165, 1.54) is 19.3 Å². The molecule has 32 heavy (non-hydrogen) atoms. The van der Waals surface area contributed by atoms with Gasteiger partial charge < -0.3 is 14.3 Å². The maximum absolute atomic E-state index is 12.5. The molecule has 0 saturated carbocycles. The zero-order chi connectivity index (χ0) is 21.8. The molecule has 0 aliphatic carbocycles. The number of fused-ring (bicyclic) bond motifs is 2. The lowest BCUT2D eigenvalue weighted by Gasteiger charge is -2.08. The molecule has 1 N–H and O–H groups in total. The van der Waals surface area contributed by atoms with Crippen molar-refractivity contribution in [1.82, 2.24) is 29.5 Å². The van der Waals surface area contributed by atoms with Crippen LogP contribution in [0.15, 0.2) is 59.8 Å². The number of carbonyl (C=O) groups excluding carboxylic acids is 1. The van der Waals surface area contributed by atoms with E-state index in [0.29, 0.717) is 18.5 Å². The minimum absolute atomic E-state index is 0.0579. The Kier molecular flexibility index (Phi) is 6.20. The van der Waals surface area contributed by atoms with Crippen LogP contribution in [0.1, 0.15) is 47.0 Å². The number of nitrogens with one attached hydrogen (secondary N) is 1. The van der Waals surface area contributed by atoms with Gasteiger partial charge in [0.2, 0.25) is 0 Å².